The van der Waals surface area contributed by atoms with E-state index in [1.165, 1.54) is 6.20 Å². The van der Waals surface area contributed by atoms with Crippen molar-refractivity contribution in [3.63, 3.8) is 0 Å². The van der Waals surface area contributed by atoms with Crippen molar-refractivity contribution in [3.8, 4) is 0 Å². The quantitative estimate of drug-likeness (QED) is 0.489. The van der Waals surface area contributed by atoms with E-state index in [9.17, 15) is 9.59 Å². The maximum Gasteiger partial charge on any atom is 0.254 e. The van der Waals surface area contributed by atoms with E-state index in [4.69, 9.17) is 16.2 Å². The first-order chi connectivity index (χ1) is 9.56. The minimum atomic E-state index is -0.534. The number of nitrogens with zero attached hydrogens (tertiary/aromatic N) is 2. The predicted octanol–water partition coefficient (Wildman–Crippen LogP) is -1.23. The molecule has 0 aliphatic rings. The summed E-state index contributed by atoms with van der Waals surface area (Å²) in [6.45, 7) is 3.50. The van der Waals surface area contributed by atoms with Gasteiger partial charge in [-0.1, -0.05) is 0 Å². The Morgan fingerprint density at radius 3 is 2.90 bits per heavy atom. The van der Waals surface area contributed by atoms with Crippen LogP contribution in [0.25, 0.3) is 0 Å². The first-order valence-corrected chi connectivity index (χ1v) is 6.43. The molecule has 0 atom stereocenters. The molecule has 0 saturated carbocycles. The average Bonchev–Trinajstić information content (AvgIpc) is 2.76. The van der Waals surface area contributed by atoms with Crippen LogP contribution in [0.5, 0.6) is 0 Å². The second-order valence-corrected chi connectivity index (χ2v) is 4.28. The molecule has 0 spiro atoms. The number of carbonyl (C=O) groups excluding carboxylic acids is 2. The number of hydrogen-bond acceptors (Lipinski definition) is 5. The first kappa shape index (κ1) is 16.1. The van der Waals surface area contributed by atoms with Crippen molar-refractivity contribution in [2.24, 2.45) is 11.5 Å². The van der Waals surface area contributed by atoms with Crippen LogP contribution in [0.1, 0.15) is 22.5 Å². The van der Waals surface area contributed by atoms with Gasteiger partial charge in [-0.05, 0) is 19.9 Å². The summed E-state index contributed by atoms with van der Waals surface area (Å²) in [7, 11) is 0. The molecule has 0 aliphatic heterocycles. The molecule has 0 aliphatic carbocycles. The molecule has 5 N–H and O–H groups in total. The third-order valence-corrected chi connectivity index (χ3v) is 2.70. The van der Waals surface area contributed by atoms with Crippen LogP contribution >= 0.6 is 0 Å². The van der Waals surface area contributed by atoms with Gasteiger partial charge in [0, 0.05) is 18.8 Å². The fourth-order valence-corrected chi connectivity index (χ4v) is 1.64. The third-order valence-electron chi connectivity index (χ3n) is 2.70. The topological polar surface area (TPSA) is 125 Å². The zero-order chi connectivity index (χ0) is 15.0. The van der Waals surface area contributed by atoms with Gasteiger partial charge in [0.05, 0.1) is 18.4 Å². The number of ether oxygens (including phenoxy) is 1. The summed E-state index contributed by atoms with van der Waals surface area (Å²) in [6, 6.07) is 0. The number of nitrogens with one attached hydrogen (secondary N) is 1. The molecule has 0 radical (unpaired) electrons. The summed E-state index contributed by atoms with van der Waals surface area (Å²) >= 11 is 0. The summed E-state index contributed by atoms with van der Waals surface area (Å²) in [6.07, 6.45) is 2.34. The van der Waals surface area contributed by atoms with Crippen molar-refractivity contribution >= 4 is 11.8 Å². The molecule has 1 rings (SSSR count). The summed E-state index contributed by atoms with van der Waals surface area (Å²) in [4.78, 5) is 22.4. The minimum Gasteiger partial charge on any atom is -0.370 e. The molecule has 2 amide bonds. The third kappa shape index (κ3) is 4.98. The monoisotopic (exact) mass is 283 g/mol. The molecule has 1 aromatic rings. The van der Waals surface area contributed by atoms with Crippen LogP contribution in [-0.4, -0.2) is 47.9 Å². The van der Waals surface area contributed by atoms with Crippen LogP contribution in [0.3, 0.4) is 0 Å². The van der Waals surface area contributed by atoms with Crippen LogP contribution in [0.2, 0.25) is 0 Å². The van der Waals surface area contributed by atoms with Crippen molar-refractivity contribution < 1.29 is 14.3 Å². The van der Waals surface area contributed by atoms with Crippen molar-refractivity contribution in [2.45, 2.75) is 19.9 Å². The van der Waals surface area contributed by atoms with Crippen LogP contribution in [0, 0.1) is 6.92 Å². The molecule has 0 fully saturated rings. The lowest BCUT2D eigenvalue weighted by molar-refractivity contribution is -0.122. The van der Waals surface area contributed by atoms with E-state index in [1.54, 1.807) is 4.68 Å². The van der Waals surface area contributed by atoms with Crippen molar-refractivity contribution in [2.75, 3.05) is 26.3 Å². The van der Waals surface area contributed by atoms with Gasteiger partial charge in [0.25, 0.3) is 5.91 Å². The van der Waals surface area contributed by atoms with Gasteiger partial charge in [-0.3, -0.25) is 14.3 Å². The minimum absolute atomic E-state index is 0.147. The van der Waals surface area contributed by atoms with Crippen molar-refractivity contribution in [1.29, 1.82) is 0 Å². The highest BCUT2D eigenvalue weighted by molar-refractivity contribution is 5.95. The molecule has 0 aromatic carbocycles. The van der Waals surface area contributed by atoms with Gasteiger partial charge in [0.1, 0.15) is 6.61 Å². The van der Waals surface area contributed by atoms with Gasteiger partial charge in [0.15, 0.2) is 0 Å². The number of rotatable bonds is 9. The van der Waals surface area contributed by atoms with E-state index in [2.05, 4.69) is 10.4 Å². The molecule has 8 nitrogen and oxygen atoms in total. The van der Waals surface area contributed by atoms with E-state index >= 15 is 0 Å². The molecular weight excluding hydrogens is 262 g/mol. The SMILES string of the molecule is Cc1c(C(=O)NCCOCC(N)=O)cnn1CCCN. The Bertz CT molecular complexity index is 458. The van der Waals surface area contributed by atoms with Crippen molar-refractivity contribution in [1.82, 2.24) is 15.1 Å². The summed E-state index contributed by atoms with van der Waals surface area (Å²) in [5, 5.41) is 6.84. The Balaban J connectivity index is 2.39. The lowest BCUT2D eigenvalue weighted by Gasteiger charge is -2.06. The van der Waals surface area contributed by atoms with Crippen molar-refractivity contribution in [3.05, 3.63) is 17.5 Å². The van der Waals surface area contributed by atoms with Crippen LogP contribution in [0.15, 0.2) is 6.20 Å². The lowest BCUT2D eigenvalue weighted by atomic mass is 10.2. The van der Waals surface area contributed by atoms with Crippen LogP contribution < -0.4 is 16.8 Å². The van der Waals surface area contributed by atoms with Crippen LogP contribution in [0.4, 0.5) is 0 Å². The van der Waals surface area contributed by atoms with Gasteiger partial charge in [-0.25, -0.2) is 0 Å². The first-order valence-electron chi connectivity index (χ1n) is 6.43. The molecule has 112 valence electrons. The Morgan fingerprint density at radius 2 is 2.25 bits per heavy atom. The lowest BCUT2D eigenvalue weighted by Crippen LogP contribution is -2.29. The van der Waals surface area contributed by atoms with E-state index in [1.807, 2.05) is 6.92 Å². The van der Waals surface area contributed by atoms with Gasteiger partial charge < -0.3 is 21.5 Å². The molecule has 0 saturated heterocycles. The fourth-order valence-electron chi connectivity index (χ4n) is 1.64. The zero-order valence-corrected chi connectivity index (χ0v) is 11.6. The van der Waals surface area contributed by atoms with Gasteiger partial charge in [0.2, 0.25) is 5.91 Å². The molecule has 1 heterocycles. The second-order valence-electron chi connectivity index (χ2n) is 4.28. The largest absolute Gasteiger partial charge is 0.370 e. The van der Waals surface area contributed by atoms with E-state index < -0.39 is 5.91 Å². The molecule has 1 aromatic heterocycles. The number of primary amides is 1. The number of hydrogen-bond donors (Lipinski definition) is 3. The smallest absolute Gasteiger partial charge is 0.254 e. The van der Waals surface area contributed by atoms with Gasteiger partial charge >= 0.3 is 0 Å². The molecule has 8 heteroatoms. The van der Waals surface area contributed by atoms with Gasteiger partial charge in [-0.2, -0.15) is 5.10 Å². The number of carbonyl (C=O) groups is 2. The van der Waals surface area contributed by atoms with E-state index in [0.29, 0.717) is 25.2 Å². The Kier molecular flexibility index (Phi) is 6.68. The number of aryl methyl sites for hydroxylation is 1. The maximum atomic E-state index is 11.9. The average molecular weight is 283 g/mol. The molecular formula is C12H21N5O3. The maximum absolute atomic E-state index is 11.9. The Labute approximate surface area is 117 Å². The normalized spacial score (nSPS) is 10.5. The summed E-state index contributed by atoms with van der Waals surface area (Å²) in [5.41, 5.74) is 11.7. The Morgan fingerprint density at radius 1 is 1.50 bits per heavy atom. The fraction of sp³-hybridized carbons (Fsp3) is 0.583. The van der Waals surface area contributed by atoms with E-state index in [0.717, 1.165) is 12.1 Å². The summed E-state index contributed by atoms with van der Waals surface area (Å²) in [5.74, 6) is -0.752. The predicted molar refractivity (Wildman–Crippen MR) is 73.0 cm³/mol. The van der Waals surface area contributed by atoms with Gasteiger partial charge in [-0.15, -0.1) is 0 Å². The second kappa shape index (κ2) is 8.28. The molecule has 0 bridgehead atoms. The number of amides is 2. The van der Waals surface area contributed by atoms with Crippen LogP contribution in [-0.2, 0) is 16.1 Å². The zero-order valence-electron chi connectivity index (χ0n) is 11.6. The van der Waals surface area contributed by atoms with E-state index in [-0.39, 0.29) is 19.1 Å². The Hall–Kier alpha value is -1.93. The molecule has 0 unspecified atom stereocenters. The number of aromatic nitrogens is 2. The number of nitrogens with two attached hydrogens (primary N) is 2. The highest BCUT2D eigenvalue weighted by Gasteiger charge is 2.13. The molecule has 20 heavy (non-hydrogen) atoms. The highest BCUT2D eigenvalue weighted by atomic mass is 16.5. The highest BCUT2D eigenvalue weighted by Crippen LogP contribution is 2.07. The standard InChI is InChI=1S/C12H21N5O3/c1-9-10(7-16-17(9)5-2-3-13)12(19)15-4-6-20-8-11(14)18/h7H,2-6,8,13H2,1H3,(H2,14,18)(H,15,19). The summed E-state index contributed by atoms with van der Waals surface area (Å²) < 4.78 is 6.70.